The molecule has 0 aliphatic rings. The fourth-order valence-electron chi connectivity index (χ4n) is 2.71. The predicted molar refractivity (Wildman–Crippen MR) is 140 cm³/mol. The van der Waals surface area contributed by atoms with Crippen LogP contribution in [0.2, 0.25) is 12.6 Å². The third-order valence-corrected chi connectivity index (χ3v) is 7.98. The number of rotatable bonds is 32. The summed E-state index contributed by atoms with van der Waals surface area (Å²) in [7, 11) is 1.42. The van der Waals surface area contributed by atoms with Crippen LogP contribution in [0.25, 0.3) is 0 Å². The Kier molecular flexibility index (Phi) is 30.1. The molecule has 0 fully saturated rings. The second-order valence-corrected chi connectivity index (χ2v) is 11.5. The van der Waals surface area contributed by atoms with E-state index in [0.29, 0.717) is 119 Å². The van der Waals surface area contributed by atoms with E-state index >= 15 is 0 Å². The summed E-state index contributed by atoms with van der Waals surface area (Å²) in [6.07, 6.45) is 0.921. The summed E-state index contributed by atoms with van der Waals surface area (Å²) in [4.78, 5) is 0. The van der Waals surface area contributed by atoms with Gasteiger partial charge < -0.3 is 56.6 Å². The van der Waals surface area contributed by atoms with Crippen molar-refractivity contribution in [3.63, 3.8) is 0 Å². The lowest BCUT2D eigenvalue weighted by Crippen LogP contribution is -2.36. The van der Waals surface area contributed by atoms with Gasteiger partial charge in [-0.25, -0.2) is 0 Å². The van der Waals surface area contributed by atoms with Crippen molar-refractivity contribution in [1.29, 1.82) is 0 Å². The molecule has 0 aromatic carbocycles. The maximum Gasteiger partial charge on any atom is 0.334 e. The Balaban J connectivity index is 3.09. The van der Waals surface area contributed by atoms with Crippen LogP contribution in [-0.2, 0) is 51.5 Å². The zero-order valence-electron chi connectivity index (χ0n) is 23.3. The molecule has 37 heavy (non-hydrogen) atoms. The highest BCUT2D eigenvalue weighted by molar-refractivity contribution is 6.65. The van der Waals surface area contributed by atoms with Gasteiger partial charge in [0.2, 0.25) is 0 Å². The fraction of sp³-hybridized carbons (Fsp3) is 1.00. The Morgan fingerprint density at radius 2 is 0.649 bits per heavy atom. The number of hydrogen-bond acceptors (Lipinski definition) is 12. The summed E-state index contributed by atoms with van der Waals surface area (Å²) in [6, 6.07) is 0.913. The molecule has 0 aromatic heterocycles. The molecule has 0 aliphatic carbocycles. The van der Waals surface area contributed by atoms with Crippen molar-refractivity contribution in [1.82, 2.24) is 0 Å². The van der Waals surface area contributed by atoms with Gasteiger partial charge in [-0.1, -0.05) is 0 Å². The molecule has 0 saturated carbocycles. The highest BCUT2D eigenvalue weighted by Crippen LogP contribution is 2.13. The maximum absolute atomic E-state index is 8.56. The summed E-state index contributed by atoms with van der Waals surface area (Å²) in [5.41, 5.74) is 0. The third kappa shape index (κ3) is 28.6. The van der Waals surface area contributed by atoms with Crippen molar-refractivity contribution in [3.05, 3.63) is 0 Å². The molecule has 0 spiro atoms. The molecule has 13 heteroatoms. The van der Waals surface area contributed by atoms with Crippen LogP contribution in [0.3, 0.4) is 0 Å². The zero-order valence-corrected chi connectivity index (χ0v) is 24.3. The first-order valence-corrected chi connectivity index (χ1v) is 15.6. The first-order chi connectivity index (χ1) is 18.2. The molecule has 224 valence electrons. The topological polar surface area (TPSA) is 122 Å². The van der Waals surface area contributed by atoms with Gasteiger partial charge in [-0.2, -0.15) is 0 Å². The molecule has 0 rings (SSSR count). The van der Waals surface area contributed by atoms with Crippen molar-refractivity contribution in [2.45, 2.75) is 19.0 Å². The van der Waals surface area contributed by atoms with Crippen LogP contribution in [0.4, 0.5) is 0 Å². The van der Waals surface area contributed by atoms with E-state index in [-0.39, 0.29) is 6.61 Å². The van der Waals surface area contributed by atoms with Crippen LogP contribution in [0.5, 0.6) is 0 Å². The smallest absolute Gasteiger partial charge is 0.334 e. The monoisotopic (exact) mass is 560 g/mol. The summed E-state index contributed by atoms with van der Waals surface area (Å²) in [5.74, 6) is 0. The average Bonchev–Trinajstić information content (AvgIpc) is 2.92. The van der Waals surface area contributed by atoms with E-state index in [2.05, 4.69) is 0 Å². The van der Waals surface area contributed by atoms with Crippen molar-refractivity contribution >= 4 is 8.56 Å². The van der Waals surface area contributed by atoms with Crippen LogP contribution in [-0.4, -0.2) is 153 Å². The minimum Gasteiger partial charge on any atom is -0.398 e. The normalized spacial score (nSPS) is 12.0. The average molecular weight is 561 g/mol. The van der Waals surface area contributed by atoms with E-state index in [0.717, 1.165) is 12.5 Å². The molecule has 0 amide bonds. The second kappa shape index (κ2) is 30.3. The van der Waals surface area contributed by atoms with Gasteiger partial charge in [0.05, 0.1) is 119 Å². The predicted octanol–water partition coefficient (Wildman–Crippen LogP) is 0.883. The molecule has 0 radical (unpaired) electrons. The van der Waals surface area contributed by atoms with Crippen LogP contribution in [0.15, 0.2) is 0 Å². The van der Waals surface area contributed by atoms with Gasteiger partial charge in [-0.05, 0) is 19.0 Å². The Morgan fingerprint density at radius 3 is 0.892 bits per heavy atom. The molecule has 0 bridgehead atoms. The van der Waals surface area contributed by atoms with Crippen molar-refractivity contribution in [2.24, 2.45) is 0 Å². The Labute approximate surface area is 224 Å². The fourth-order valence-corrected chi connectivity index (χ4v) is 4.07. The highest BCUT2D eigenvalue weighted by Gasteiger charge is 2.27. The summed E-state index contributed by atoms with van der Waals surface area (Å²) in [6.45, 7) is 11.4. The van der Waals surface area contributed by atoms with E-state index in [4.69, 9.17) is 56.6 Å². The van der Waals surface area contributed by atoms with Gasteiger partial charge in [-0.15, -0.1) is 0 Å². The first kappa shape index (κ1) is 36.7. The van der Waals surface area contributed by atoms with Gasteiger partial charge in [0.25, 0.3) is 0 Å². The van der Waals surface area contributed by atoms with E-state index in [1.807, 2.05) is 6.55 Å². The minimum absolute atomic E-state index is 0.0284. The largest absolute Gasteiger partial charge is 0.398 e. The standard InChI is InChI=1S/C24H52O12Si/c1-26-37(3,27-2)24-4-6-28-8-10-30-12-14-32-16-18-34-20-22-36-23-21-35-19-17-33-15-13-31-11-9-29-7-5-25/h25H,4-24H2,1-3H3. The van der Waals surface area contributed by atoms with E-state index < -0.39 is 8.56 Å². The molecular weight excluding hydrogens is 508 g/mol. The van der Waals surface area contributed by atoms with E-state index in [1.54, 1.807) is 14.2 Å². The summed E-state index contributed by atoms with van der Waals surface area (Å²) in [5, 5.41) is 8.56. The zero-order chi connectivity index (χ0) is 27.1. The van der Waals surface area contributed by atoms with Crippen LogP contribution < -0.4 is 0 Å². The minimum atomic E-state index is -1.98. The molecule has 1 N–H and O–H groups in total. The van der Waals surface area contributed by atoms with Crippen LogP contribution >= 0.6 is 0 Å². The third-order valence-electron chi connectivity index (χ3n) is 4.99. The molecule has 0 heterocycles. The Morgan fingerprint density at radius 1 is 0.405 bits per heavy atom. The lowest BCUT2D eigenvalue weighted by molar-refractivity contribution is -0.0255. The van der Waals surface area contributed by atoms with Gasteiger partial charge in [0.1, 0.15) is 0 Å². The molecule has 0 aromatic rings. The SMILES string of the molecule is CO[Si](C)(CCCOCCOCCOCCOCCOCCOCCOCCOCCOCCO)OC. The Bertz CT molecular complexity index is 433. The van der Waals surface area contributed by atoms with Gasteiger partial charge in [0, 0.05) is 20.8 Å². The molecule has 12 nitrogen and oxygen atoms in total. The lowest BCUT2D eigenvalue weighted by Gasteiger charge is -2.22. The summed E-state index contributed by atoms with van der Waals surface area (Å²) >= 11 is 0. The van der Waals surface area contributed by atoms with Crippen molar-refractivity contribution in [2.75, 3.05) is 140 Å². The molecule has 0 unspecified atom stereocenters. The van der Waals surface area contributed by atoms with Crippen molar-refractivity contribution in [3.8, 4) is 0 Å². The Hall–Kier alpha value is -0.263. The number of ether oxygens (including phenoxy) is 9. The van der Waals surface area contributed by atoms with Crippen LogP contribution in [0.1, 0.15) is 6.42 Å². The molecular formula is C24H52O12Si. The first-order valence-electron chi connectivity index (χ1n) is 13.1. The van der Waals surface area contributed by atoms with E-state index in [1.165, 1.54) is 0 Å². The quantitative estimate of drug-likeness (QED) is 0.0928. The van der Waals surface area contributed by atoms with Gasteiger partial charge in [0.15, 0.2) is 0 Å². The van der Waals surface area contributed by atoms with Crippen LogP contribution in [0, 0.1) is 0 Å². The number of aliphatic hydroxyl groups is 1. The van der Waals surface area contributed by atoms with Gasteiger partial charge in [-0.3, -0.25) is 0 Å². The second-order valence-electron chi connectivity index (χ2n) is 7.88. The van der Waals surface area contributed by atoms with Crippen molar-refractivity contribution < 1.29 is 56.6 Å². The number of hydrogen-bond donors (Lipinski definition) is 1. The lowest BCUT2D eigenvalue weighted by atomic mass is 10.5. The summed E-state index contributed by atoms with van der Waals surface area (Å²) < 4.78 is 59.5. The maximum atomic E-state index is 8.56. The molecule has 0 aliphatic heterocycles. The van der Waals surface area contributed by atoms with Gasteiger partial charge >= 0.3 is 8.56 Å². The number of aliphatic hydroxyl groups excluding tert-OH is 1. The molecule has 0 atom stereocenters. The molecule has 0 saturated heterocycles. The van der Waals surface area contributed by atoms with E-state index in [9.17, 15) is 0 Å². The highest BCUT2D eigenvalue weighted by atomic mass is 28.4.